The van der Waals surface area contributed by atoms with Crippen LogP contribution in [-0.4, -0.2) is 30.5 Å². The molecule has 2 heterocycles. The maximum absolute atomic E-state index is 12.6. The van der Waals surface area contributed by atoms with Gasteiger partial charge in [-0.2, -0.15) is 0 Å². The molecule has 1 aromatic rings. The highest BCUT2D eigenvalue weighted by molar-refractivity contribution is 5.99. The van der Waals surface area contributed by atoms with Crippen LogP contribution in [0, 0.1) is 0 Å². The molecule has 3 aliphatic rings. The van der Waals surface area contributed by atoms with E-state index in [1.165, 1.54) is 0 Å². The summed E-state index contributed by atoms with van der Waals surface area (Å²) in [4.78, 5) is 26.1. The molecule has 0 fully saturated rings. The Hall–Kier alpha value is -2.52. The second kappa shape index (κ2) is 6.65. The number of alkyl halides is 2. The van der Waals surface area contributed by atoms with Crippen molar-refractivity contribution in [1.29, 1.82) is 0 Å². The van der Waals surface area contributed by atoms with E-state index in [1.54, 1.807) is 12.1 Å². The summed E-state index contributed by atoms with van der Waals surface area (Å²) >= 11 is 0. The number of aryl methyl sites for hydroxylation is 1. The first-order valence-corrected chi connectivity index (χ1v) is 8.32. The Morgan fingerprint density at radius 2 is 2.19 bits per heavy atom. The molecule has 0 saturated heterocycles. The van der Waals surface area contributed by atoms with Crippen LogP contribution >= 0.6 is 0 Å². The molecule has 0 bridgehead atoms. The zero-order chi connectivity index (χ0) is 18.3. The number of hydrogen-bond donors (Lipinski definition) is 3. The normalized spacial score (nSPS) is 26.8. The van der Waals surface area contributed by atoms with Crippen molar-refractivity contribution in [1.82, 2.24) is 16.3 Å². The molecule has 0 radical (unpaired) electrons. The summed E-state index contributed by atoms with van der Waals surface area (Å²) in [5.41, 5.74) is 8.66. The van der Waals surface area contributed by atoms with Gasteiger partial charge in [0.05, 0.1) is 6.04 Å². The quantitative estimate of drug-likeness (QED) is 0.754. The number of nitrogens with one attached hydrogen (secondary N) is 3. The summed E-state index contributed by atoms with van der Waals surface area (Å²) in [5.74, 6) is 0.0860. The number of hydroxylamine groups is 2. The van der Waals surface area contributed by atoms with Crippen LogP contribution < -0.4 is 16.3 Å². The first-order chi connectivity index (χ1) is 12.5. The molecule has 0 saturated carbocycles. The molecule has 2 aliphatic heterocycles. The second-order valence-corrected chi connectivity index (χ2v) is 6.43. The van der Waals surface area contributed by atoms with E-state index in [-0.39, 0.29) is 17.8 Å². The van der Waals surface area contributed by atoms with E-state index in [2.05, 4.69) is 21.3 Å². The molecule has 2 unspecified atom stereocenters. The number of benzene rings is 1. The van der Waals surface area contributed by atoms with Crippen LogP contribution in [0.4, 0.5) is 8.78 Å². The number of aliphatic imine (C=N–C) groups is 1. The predicted molar refractivity (Wildman–Crippen MR) is 88.0 cm³/mol. The van der Waals surface area contributed by atoms with Crippen molar-refractivity contribution >= 4 is 11.7 Å². The van der Waals surface area contributed by atoms with E-state index in [0.717, 1.165) is 29.7 Å². The van der Waals surface area contributed by atoms with Crippen LogP contribution in [0.25, 0.3) is 0 Å². The topological polar surface area (TPSA) is 84.0 Å². The third-order valence-electron chi connectivity index (χ3n) is 4.57. The van der Waals surface area contributed by atoms with Crippen LogP contribution in [0.15, 0.2) is 35.0 Å². The molecule has 1 aliphatic carbocycles. The van der Waals surface area contributed by atoms with E-state index >= 15 is 0 Å². The van der Waals surface area contributed by atoms with Crippen LogP contribution in [0.1, 0.15) is 36.1 Å². The van der Waals surface area contributed by atoms with Gasteiger partial charge in [-0.1, -0.05) is 12.1 Å². The average Bonchev–Trinajstić information content (AvgIpc) is 3.34. The summed E-state index contributed by atoms with van der Waals surface area (Å²) < 4.78 is 25.3. The summed E-state index contributed by atoms with van der Waals surface area (Å²) in [5, 5.41) is 2.99. The fourth-order valence-electron chi connectivity index (χ4n) is 3.29. The largest absolute Gasteiger partial charge is 0.347 e. The number of halogens is 2. The smallest absolute Gasteiger partial charge is 0.286 e. The third-order valence-corrected chi connectivity index (χ3v) is 4.57. The molecular formula is C17H18F2N4O3. The number of rotatable bonds is 4. The zero-order valence-corrected chi connectivity index (χ0v) is 14.0. The van der Waals surface area contributed by atoms with Gasteiger partial charge in [0.1, 0.15) is 0 Å². The van der Waals surface area contributed by atoms with E-state index in [1.807, 2.05) is 19.1 Å². The lowest BCUT2D eigenvalue weighted by Gasteiger charge is -2.16. The SMILES string of the molecule is CC1=CC(C(=O)N[C@@H]2CCc3cc(C4=NC(C(F)F)ON4)ccc32)ON1. The van der Waals surface area contributed by atoms with Crippen molar-refractivity contribution < 1.29 is 23.3 Å². The molecule has 26 heavy (non-hydrogen) atoms. The van der Waals surface area contributed by atoms with Crippen LogP contribution in [0.3, 0.4) is 0 Å². The van der Waals surface area contributed by atoms with Gasteiger partial charge >= 0.3 is 0 Å². The summed E-state index contributed by atoms with van der Waals surface area (Å²) in [6.07, 6.45) is -1.54. The Labute approximate surface area is 148 Å². The lowest BCUT2D eigenvalue weighted by molar-refractivity contribution is -0.132. The summed E-state index contributed by atoms with van der Waals surface area (Å²) in [7, 11) is 0. The predicted octanol–water partition coefficient (Wildman–Crippen LogP) is 1.47. The van der Waals surface area contributed by atoms with Crippen molar-refractivity contribution in [3.8, 4) is 0 Å². The van der Waals surface area contributed by atoms with Gasteiger partial charge < -0.3 is 5.32 Å². The van der Waals surface area contributed by atoms with E-state index in [4.69, 9.17) is 9.68 Å². The maximum Gasteiger partial charge on any atom is 0.286 e. The lowest BCUT2D eigenvalue weighted by atomic mass is 10.0. The minimum absolute atomic E-state index is 0.104. The van der Waals surface area contributed by atoms with E-state index in [0.29, 0.717) is 5.56 Å². The van der Waals surface area contributed by atoms with Crippen LogP contribution in [0.2, 0.25) is 0 Å². The molecule has 0 aromatic heterocycles. The van der Waals surface area contributed by atoms with Crippen molar-refractivity contribution in [2.45, 2.75) is 44.6 Å². The molecule has 9 heteroatoms. The molecule has 138 valence electrons. The molecule has 7 nitrogen and oxygen atoms in total. The number of carbonyl (C=O) groups is 1. The number of hydrogen-bond acceptors (Lipinski definition) is 6. The Balaban J connectivity index is 1.47. The van der Waals surface area contributed by atoms with Crippen molar-refractivity contribution in [2.24, 2.45) is 4.99 Å². The number of nitrogens with zero attached hydrogens (tertiary/aromatic N) is 1. The Kier molecular flexibility index (Phi) is 4.33. The number of allylic oxidation sites excluding steroid dienone is 1. The lowest BCUT2D eigenvalue weighted by Crippen LogP contribution is -2.36. The second-order valence-electron chi connectivity index (χ2n) is 6.43. The number of fused-ring (bicyclic) bond motifs is 1. The average molecular weight is 364 g/mol. The summed E-state index contributed by atoms with van der Waals surface area (Å²) in [6.45, 7) is 1.82. The molecule has 3 atom stereocenters. The van der Waals surface area contributed by atoms with Gasteiger partial charge in [-0.15, -0.1) is 0 Å². The van der Waals surface area contributed by atoms with Crippen molar-refractivity contribution in [3.05, 3.63) is 46.7 Å². The van der Waals surface area contributed by atoms with E-state index in [9.17, 15) is 13.6 Å². The van der Waals surface area contributed by atoms with Gasteiger partial charge in [0.2, 0.25) is 6.23 Å². The number of amidine groups is 1. The van der Waals surface area contributed by atoms with Crippen LogP contribution in [-0.2, 0) is 20.9 Å². The number of amides is 1. The Bertz CT molecular complexity index is 796. The highest BCUT2D eigenvalue weighted by Crippen LogP contribution is 2.32. The minimum atomic E-state index is -2.68. The first kappa shape index (κ1) is 16.9. The zero-order valence-electron chi connectivity index (χ0n) is 14.0. The molecule has 3 N–H and O–H groups in total. The monoisotopic (exact) mass is 364 g/mol. The molecular weight excluding hydrogens is 346 g/mol. The Morgan fingerprint density at radius 1 is 1.35 bits per heavy atom. The van der Waals surface area contributed by atoms with Crippen molar-refractivity contribution in [3.63, 3.8) is 0 Å². The van der Waals surface area contributed by atoms with Gasteiger partial charge in [0.15, 0.2) is 11.9 Å². The maximum atomic E-state index is 12.6. The Morgan fingerprint density at radius 3 is 2.88 bits per heavy atom. The highest BCUT2D eigenvalue weighted by atomic mass is 19.3. The summed E-state index contributed by atoms with van der Waals surface area (Å²) in [6, 6.07) is 5.46. The minimum Gasteiger partial charge on any atom is -0.347 e. The highest BCUT2D eigenvalue weighted by Gasteiger charge is 2.31. The molecule has 1 amide bonds. The molecule has 0 spiro atoms. The standard InChI is InChI=1S/C17H18F2N4O3/c1-8-6-13(25-22-8)16(24)20-12-5-3-9-7-10(2-4-11(9)12)15-21-17(14(18)19)26-23-15/h2,4,6-7,12-14,17,22H,3,5H2,1H3,(H,20,24)(H,21,23)/t12-,13?,17?/m1/s1. The van der Waals surface area contributed by atoms with Crippen molar-refractivity contribution in [2.75, 3.05) is 0 Å². The van der Waals surface area contributed by atoms with Gasteiger partial charge in [0.25, 0.3) is 12.3 Å². The van der Waals surface area contributed by atoms with Gasteiger partial charge in [-0.05, 0) is 43.0 Å². The van der Waals surface area contributed by atoms with Crippen LogP contribution in [0.5, 0.6) is 0 Å². The fraction of sp³-hybridized carbons (Fsp3) is 0.412. The first-order valence-electron chi connectivity index (χ1n) is 8.32. The fourth-order valence-corrected chi connectivity index (χ4v) is 3.29. The van der Waals surface area contributed by atoms with E-state index < -0.39 is 18.8 Å². The molecule has 4 rings (SSSR count). The van der Waals surface area contributed by atoms with Gasteiger partial charge in [-0.3, -0.25) is 15.1 Å². The van der Waals surface area contributed by atoms with Gasteiger partial charge in [0, 0.05) is 11.3 Å². The molecule has 1 aromatic carbocycles. The third kappa shape index (κ3) is 3.15. The number of carbonyl (C=O) groups excluding carboxylic acids is 1. The van der Waals surface area contributed by atoms with Gasteiger partial charge in [-0.25, -0.2) is 24.1 Å².